The van der Waals surface area contributed by atoms with Gasteiger partial charge in [-0.3, -0.25) is 4.79 Å². The number of aromatic nitrogens is 5. The summed E-state index contributed by atoms with van der Waals surface area (Å²) in [4.78, 5) is 19.7. The first kappa shape index (κ1) is 17.7. The molecule has 0 amide bonds. The van der Waals surface area contributed by atoms with Crippen LogP contribution in [0.15, 0.2) is 35.4 Å². The van der Waals surface area contributed by atoms with E-state index in [1.165, 1.54) is 0 Å². The number of hydrogen-bond acceptors (Lipinski definition) is 6. The van der Waals surface area contributed by atoms with Crippen molar-refractivity contribution in [3.05, 3.63) is 61.4 Å². The van der Waals surface area contributed by atoms with Crippen molar-refractivity contribution in [3.63, 3.8) is 0 Å². The van der Waals surface area contributed by atoms with Crippen LogP contribution < -0.4 is 26.6 Å². The molecular weight excluding hydrogens is 413 g/mol. The predicted octanol–water partition coefficient (Wildman–Crippen LogP) is 1.88. The number of rotatable bonds is 3. The van der Waals surface area contributed by atoms with Gasteiger partial charge in [-0.05, 0) is 18.2 Å². The molecule has 0 saturated heterocycles. The molecule has 4 aromatic rings. The minimum absolute atomic E-state index is 0.195. The monoisotopic (exact) mass is 425 g/mol. The van der Waals surface area contributed by atoms with Crippen LogP contribution >= 0.6 is 23.2 Å². The number of nitrogens with one attached hydrogen (secondary N) is 4. The molecule has 10 heteroatoms. The number of fused-ring (bicyclic) bond motifs is 3. The molecule has 0 unspecified atom stereocenters. The van der Waals surface area contributed by atoms with Crippen LogP contribution in [0.1, 0.15) is 0 Å². The molecule has 0 bridgehead atoms. The second kappa shape index (κ2) is 6.91. The summed E-state index contributed by atoms with van der Waals surface area (Å²) in [5.41, 5.74) is 2.26. The van der Waals surface area contributed by atoms with Gasteiger partial charge in [0, 0.05) is 34.9 Å². The Balaban J connectivity index is 1.68. The van der Waals surface area contributed by atoms with E-state index in [-0.39, 0.29) is 5.56 Å². The molecule has 0 saturated carbocycles. The average Bonchev–Trinajstić information content (AvgIpc) is 3.25. The first-order valence-corrected chi connectivity index (χ1v) is 9.45. The van der Waals surface area contributed by atoms with Crippen molar-refractivity contribution in [2.24, 2.45) is 0 Å². The SMILES string of the molecule is O=c1[nH]ccc2nc(Nc3c(Cl)cc(-c4cn[nH]n4)cc3Cl)c3c(c12)=CNCC=3. The van der Waals surface area contributed by atoms with E-state index in [0.29, 0.717) is 44.7 Å². The van der Waals surface area contributed by atoms with Crippen LogP contribution in [-0.2, 0) is 0 Å². The van der Waals surface area contributed by atoms with Gasteiger partial charge in [0.2, 0.25) is 0 Å². The fourth-order valence-electron chi connectivity index (χ4n) is 3.34. The van der Waals surface area contributed by atoms with E-state index < -0.39 is 0 Å². The number of halogens is 2. The Labute approximate surface area is 173 Å². The Morgan fingerprint density at radius 3 is 2.72 bits per heavy atom. The van der Waals surface area contributed by atoms with Crippen molar-refractivity contribution < 1.29 is 0 Å². The topological polar surface area (TPSA) is 111 Å². The van der Waals surface area contributed by atoms with Crippen LogP contribution in [0.4, 0.5) is 11.5 Å². The van der Waals surface area contributed by atoms with Gasteiger partial charge in [-0.2, -0.15) is 15.4 Å². The van der Waals surface area contributed by atoms with Crippen LogP contribution in [0.25, 0.3) is 34.4 Å². The Kier molecular flexibility index (Phi) is 4.22. The molecule has 8 nitrogen and oxygen atoms in total. The highest BCUT2D eigenvalue weighted by Gasteiger charge is 2.15. The van der Waals surface area contributed by atoms with Gasteiger partial charge in [0.1, 0.15) is 11.5 Å². The quantitative estimate of drug-likeness (QED) is 0.398. The Morgan fingerprint density at radius 2 is 1.97 bits per heavy atom. The largest absolute Gasteiger partial charge is 0.387 e. The predicted molar refractivity (Wildman–Crippen MR) is 114 cm³/mol. The summed E-state index contributed by atoms with van der Waals surface area (Å²) in [6.07, 6.45) is 6.94. The molecular formula is C19H13Cl2N7O. The fraction of sp³-hybridized carbons (Fsp3) is 0.0526. The van der Waals surface area contributed by atoms with Gasteiger partial charge in [0.05, 0.1) is 32.8 Å². The zero-order valence-electron chi connectivity index (χ0n) is 14.8. The third-order valence-corrected chi connectivity index (χ3v) is 5.25. The van der Waals surface area contributed by atoms with Gasteiger partial charge >= 0.3 is 0 Å². The maximum absolute atomic E-state index is 12.3. The number of benzene rings is 1. The summed E-state index contributed by atoms with van der Waals surface area (Å²) < 4.78 is 0. The third-order valence-electron chi connectivity index (χ3n) is 4.65. The second-order valence-electron chi connectivity index (χ2n) is 6.41. The number of aromatic amines is 2. The Bertz CT molecular complexity index is 1400. The van der Waals surface area contributed by atoms with Gasteiger partial charge in [-0.1, -0.05) is 29.3 Å². The van der Waals surface area contributed by atoms with Gasteiger partial charge in [0.15, 0.2) is 0 Å². The lowest BCUT2D eigenvalue weighted by atomic mass is 10.1. The minimum atomic E-state index is -0.195. The number of anilines is 2. The molecule has 0 aliphatic carbocycles. The molecule has 0 spiro atoms. The zero-order valence-corrected chi connectivity index (χ0v) is 16.3. The van der Waals surface area contributed by atoms with Crippen LogP contribution in [0.2, 0.25) is 10.0 Å². The number of hydrogen-bond donors (Lipinski definition) is 4. The lowest BCUT2D eigenvalue weighted by Crippen LogP contribution is -2.38. The van der Waals surface area contributed by atoms with E-state index in [2.05, 4.69) is 36.0 Å². The van der Waals surface area contributed by atoms with Crippen LogP contribution in [0, 0.1) is 0 Å². The maximum Gasteiger partial charge on any atom is 0.258 e. The van der Waals surface area contributed by atoms with E-state index in [1.54, 1.807) is 30.6 Å². The second-order valence-corrected chi connectivity index (χ2v) is 7.22. The molecule has 1 aliphatic heterocycles. The summed E-state index contributed by atoms with van der Waals surface area (Å²) in [6, 6.07) is 5.26. The van der Waals surface area contributed by atoms with Crippen molar-refractivity contribution in [1.29, 1.82) is 0 Å². The zero-order chi connectivity index (χ0) is 20.0. The van der Waals surface area contributed by atoms with Gasteiger partial charge in [-0.25, -0.2) is 4.98 Å². The normalized spacial score (nSPS) is 12.6. The van der Waals surface area contributed by atoms with Crippen molar-refractivity contribution in [1.82, 2.24) is 30.7 Å². The number of H-pyrrole nitrogens is 2. The van der Waals surface area contributed by atoms with Crippen molar-refractivity contribution in [2.75, 3.05) is 11.9 Å². The molecule has 3 aromatic heterocycles. The van der Waals surface area contributed by atoms with Crippen LogP contribution in [0.5, 0.6) is 0 Å². The van der Waals surface area contributed by atoms with Crippen LogP contribution in [-0.4, -0.2) is 31.9 Å². The molecule has 144 valence electrons. The lowest BCUT2D eigenvalue weighted by Gasteiger charge is -2.14. The first-order chi connectivity index (χ1) is 14.1. The summed E-state index contributed by atoms with van der Waals surface area (Å²) in [5, 5.41) is 19.7. The molecule has 1 aromatic carbocycles. The van der Waals surface area contributed by atoms with Crippen molar-refractivity contribution in [3.8, 4) is 11.3 Å². The third kappa shape index (κ3) is 3.02. The Morgan fingerprint density at radius 1 is 1.14 bits per heavy atom. The smallest absolute Gasteiger partial charge is 0.258 e. The molecule has 4 heterocycles. The van der Waals surface area contributed by atoms with E-state index in [4.69, 9.17) is 23.2 Å². The maximum atomic E-state index is 12.3. The highest BCUT2D eigenvalue weighted by atomic mass is 35.5. The fourth-order valence-corrected chi connectivity index (χ4v) is 3.92. The summed E-state index contributed by atoms with van der Waals surface area (Å²) in [5.74, 6) is 0.564. The van der Waals surface area contributed by atoms with Gasteiger partial charge in [0.25, 0.3) is 5.56 Å². The molecule has 0 radical (unpaired) electrons. The summed E-state index contributed by atoms with van der Waals surface area (Å²) in [7, 11) is 0. The van der Waals surface area contributed by atoms with E-state index in [9.17, 15) is 4.79 Å². The van der Waals surface area contributed by atoms with Gasteiger partial charge < -0.3 is 15.6 Å². The van der Waals surface area contributed by atoms with E-state index >= 15 is 0 Å². The standard InChI is InChI=1S/C19H13Cl2N7O/c20-12-5-9(15-8-24-28-27-15)6-13(21)17(12)26-18-10-1-3-22-7-11(10)16-14(25-18)2-4-23-19(16)29/h1-2,4-8,22H,3H2,(H,23,29)(H,25,26)(H,24,27,28). The average molecular weight is 426 g/mol. The number of pyridine rings is 2. The molecule has 1 aliphatic rings. The molecule has 0 fully saturated rings. The van der Waals surface area contributed by atoms with Crippen molar-refractivity contribution >= 4 is 57.9 Å². The van der Waals surface area contributed by atoms with Crippen molar-refractivity contribution in [2.45, 2.75) is 0 Å². The molecule has 0 atom stereocenters. The summed E-state index contributed by atoms with van der Waals surface area (Å²) in [6.45, 7) is 0.617. The first-order valence-electron chi connectivity index (χ1n) is 8.69. The van der Waals surface area contributed by atoms with Gasteiger partial charge in [-0.15, -0.1) is 0 Å². The minimum Gasteiger partial charge on any atom is -0.387 e. The lowest BCUT2D eigenvalue weighted by molar-refractivity contribution is 0.942. The molecule has 5 rings (SSSR count). The Hall–Kier alpha value is -3.36. The molecule has 29 heavy (non-hydrogen) atoms. The molecule has 4 N–H and O–H groups in total. The number of nitrogens with zero attached hydrogens (tertiary/aromatic N) is 3. The van der Waals surface area contributed by atoms with Crippen LogP contribution in [0.3, 0.4) is 0 Å². The highest BCUT2D eigenvalue weighted by Crippen LogP contribution is 2.36. The summed E-state index contributed by atoms with van der Waals surface area (Å²) >= 11 is 13.0. The van der Waals surface area contributed by atoms with E-state index in [0.717, 1.165) is 16.0 Å². The highest BCUT2D eigenvalue weighted by molar-refractivity contribution is 6.39. The van der Waals surface area contributed by atoms with E-state index in [1.807, 2.05) is 12.3 Å².